The molecule has 4 rings (SSSR count). The van der Waals surface area contributed by atoms with Gasteiger partial charge in [-0.1, -0.05) is 72.8 Å². The number of nitrogens with two attached hydrogens (primary N) is 1. The summed E-state index contributed by atoms with van der Waals surface area (Å²) < 4.78 is 5.54. The van der Waals surface area contributed by atoms with Gasteiger partial charge in [-0.25, -0.2) is 0 Å². The Morgan fingerprint density at radius 2 is 1.55 bits per heavy atom. The number of rotatable bonds is 6. The molecule has 0 aliphatic heterocycles. The molecule has 0 amide bonds. The third-order valence-corrected chi connectivity index (χ3v) is 5.36. The zero-order valence-corrected chi connectivity index (χ0v) is 15.7. The van der Waals surface area contributed by atoms with Crippen LogP contribution in [0.25, 0.3) is 11.1 Å². The van der Waals surface area contributed by atoms with E-state index in [1.54, 1.807) is 24.3 Å². The molecule has 0 radical (unpaired) electrons. The molecule has 5 heteroatoms. The lowest BCUT2D eigenvalue weighted by Crippen LogP contribution is -2.25. The summed E-state index contributed by atoms with van der Waals surface area (Å²) in [7, 11) is 0. The quantitative estimate of drug-likeness (QED) is 0.498. The van der Waals surface area contributed by atoms with Crippen molar-refractivity contribution in [3.8, 4) is 11.1 Å². The average molecular weight is 387 g/mol. The Bertz CT molecular complexity index is 1030. The van der Waals surface area contributed by atoms with E-state index in [2.05, 4.69) is 0 Å². The maximum absolute atomic E-state index is 12.7. The van der Waals surface area contributed by atoms with Crippen molar-refractivity contribution in [2.45, 2.75) is 18.4 Å². The fourth-order valence-electron chi connectivity index (χ4n) is 3.97. The van der Waals surface area contributed by atoms with Gasteiger partial charge in [0, 0.05) is 12.5 Å². The second-order valence-corrected chi connectivity index (χ2v) is 7.08. The second-order valence-electron chi connectivity index (χ2n) is 7.08. The molecule has 0 fully saturated rings. The van der Waals surface area contributed by atoms with Gasteiger partial charge in [-0.15, -0.1) is 0 Å². The van der Waals surface area contributed by atoms with E-state index >= 15 is 0 Å². The lowest BCUT2D eigenvalue weighted by atomic mass is 9.96. The zero-order chi connectivity index (χ0) is 20.4. The number of carbonyl (C=O) groups is 2. The van der Waals surface area contributed by atoms with Crippen molar-refractivity contribution in [1.29, 1.82) is 0 Å². The number of hydrogen-bond acceptors (Lipinski definition) is 4. The van der Waals surface area contributed by atoms with Crippen molar-refractivity contribution < 1.29 is 19.4 Å². The first-order chi connectivity index (χ1) is 14.1. The highest BCUT2D eigenvalue weighted by Gasteiger charge is 2.33. The number of carboxylic acid groups (broad SMARTS) is 1. The van der Waals surface area contributed by atoms with Crippen LogP contribution < -0.4 is 5.73 Å². The number of fused-ring (bicyclic) bond motifs is 3. The van der Waals surface area contributed by atoms with Crippen molar-refractivity contribution in [3.05, 3.63) is 95.1 Å². The second kappa shape index (κ2) is 7.89. The molecule has 0 bridgehead atoms. The number of hydrogen-bond donors (Lipinski definition) is 2. The zero-order valence-electron chi connectivity index (χ0n) is 15.7. The SMILES string of the molecule is NCc1cccc([C@@H](C(=O)O)C(=O)OCC2c3ccccc3-c3ccccc32)c1. The summed E-state index contributed by atoms with van der Waals surface area (Å²) in [4.78, 5) is 24.5. The molecule has 3 aromatic rings. The van der Waals surface area contributed by atoms with Crippen molar-refractivity contribution in [3.63, 3.8) is 0 Å². The van der Waals surface area contributed by atoms with Gasteiger partial charge in [-0.2, -0.15) is 0 Å². The third kappa shape index (κ3) is 3.52. The minimum Gasteiger partial charge on any atom is -0.480 e. The van der Waals surface area contributed by atoms with Gasteiger partial charge in [0.2, 0.25) is 0 Å². The van der Waals surface area contributed by atoms with Crippen LogP contribution in [0.15, 0.2) is 72.8 Å². The summed E-state index contributed by atoms with van der Waals surface area (Å²) in [5.74, 6) is -3.51. The van der Waals surface area contributed by atoms with Gasteiger partial charge in [-0.05, 0) is 33.4 Å². The number of aliphatic carboxylic acids is 1. The molecular formula is C24H21NO4. The highest BCUT2D eigenvalue weighted by Crippen LogP contribution is 2.44. The van der Waals surface area contributed by atoms with Crippen molar-refractivity contribution in [2.75, 3.05) is 6.61 Å². The summed E-state index contributed by atoms with van der Waals surface area (Å²) >= 11 is 0. The van der Waals surface area contributed by atoms with Crippen LogP contribution in [-0.4, -0.2) is 23.7 Å². The normalized spacial score (nSPS) is 13.4. The molecule has 3 aromatic carbocycles. The molecule has 0 saturated carbocycles. The fraction of sp³-hybridized carbons (Fsp3) is 0.167. The lowest BCUT2D eigenvalue weighted by molar-refractivity contribution is -0.154. The summed E-state index contributed by atoms with van der Waals surface area (Å²) in [6, 6.07) is 22.8. The molecule has 1 atom stereocenters. The van der Waals surface area contributed by atoms with Crippen LogP contribution in [0.2, 0.25) is 0 Å². The molecular weight excluding hydrogens is 366 g/mol. The first-order valence-corrected chi connectivity index (χ1v) is 9.46. The van der Waals surface area contributed by atoms with Crippen LogP contribution in [0.3, 0.4) is 0 Å². The lowest BCUT2D eigenvalue weighted by Gasteiger charge is -2.17. The maximum Gasteiger partial charge on any atom is 0.324 e. The summed E-state index contributed by atoms with van der Waals surface area (Å²) in [5, 5.41) is 9.64. The standard InChI is InChI=1S/C24H21NO4/c25-13-15-6-5-7-16(12-15)22(23(26)27)24(28)29-14-21-19-10-3-1-8-17(19)18-9-2-4-11-20(18)21/h1-12,21-22H,13-14,25H2,(H,26,27)/t22-/m0/s1. The van der Waals surface area contributed by atoms with E-state index in [1.807, 2.05) is 48.5 Å². The van der Waals surface area contributed by atoms with Crippen LogP contribution in [0.5, 0.6) is 0 Å². The van der Waals surface area contributed by atoms with E-state index < -0.39 is 17.9 Å². The smallest absolute Gasteiger partial charge is 0.324 e. The minimum absolute atomic E-state index is 0.0905. The Labute approximate surface area is 168 Å². The van der Waals surface area contributed by atoms with E-state index in [0.717, 1.165) is 27.8 Å². The Balaban J connectivity index is 1.58. The molecule has 3 N–H and O–H groups in total. The molecule has 1 aliphatic carbocycles. The number of carbonyl (C=O) groups excluding carboxylic acids is 1. The van der Waals surface area contributed by atoms with Crippen LogP contribution in [0.1, 0.15) is 34.1 Å². The van der Waals surface area contributed by atoms with Gasteiger partial charge in [0.05, 0.1) is 0 Å². The van der Waals surface area contributed by atoms with Crippen LogP contribution >= 0.6 is 0 Å². The number of esters is 1. The number of carboxylic acids is 1. The Morgan fingerprint density at radius 1 is 0.931 bits per heavy atom. The van der Waals surface area contributed by atoms with E-state index in [0.29, 0.717) is 5.56 Å². The van der Waals surface area contributed by atoms with Crippen molar-refractivity contribution in [1.82, 2.24) is 0 Å². The van der Waals surface area contributed by atoms with Crippen molar-refractivity contribution >= 4 is 11.9 Å². The molecule has 0 heterocycles. The highest BCUT2D eigenvalue weighted by molar-refractivity contribution is 6.00. The summed E-state index contributed by atoms with van der Waals surface area (Å²) in [6.45, 7) is 0.359. The van der Waals surface area contributed by atoms with Crippen LogP contribution in [0.4, 0.5) is 0 Å². The van der Waals surface area contributed by atoms with Gasteiger partial charge in [0.25, 0.3) is 0 Å². The summed E-state index contributed by atoms with van der Waals surface area (Å²) in [6.07, 6.45) is 0. The molecule has 0 saturated heterocycles. The topological polar surface area (TPSA) is 89.6 Å². The first-order valence-electron chi connectivity index (χ1n) is 9.46. The van der Waals surface area contributed by atoms with E-state index in [1.165, 1.54) is 0 Å². The van der Waals surface area contributed by atoms with Gasteiger partial charge in [0.15, 0.2) is 5.92 Å². The molecule has 29 heavy (non-hydrogen) atoms. The molecule has 146 valence electrons. The van der Waals surface area contributed by atoms with Gasteiger partial charge >= 0.3 is 11.9 Å². The largest absolute Gasteiger partial charge is 0.480 e. The van der Waals surface area contributed by atoms with Crippen LogP contribution in [0, 0.1) is 0 Å². The van der Waals surface area contributed by atoms with Gasteiger partial charge < -0.3 is 15.6 Å². The molecule has 0 aromatic heterocycles. The Hall–Kier alpha value is -3.44. The fourth-order valence-corrected chi connectivity index (χ4v) is 3.97. The average Bonchev–Trinajstić information content (AvgIpc) is 3.06. The van der Waals surface area contributed by atoms with E-state index in [4.69, 9.17) is 10.5 Å². The monoisotopic (exact) mass is 387 g/mol. The summed E-state index contributed by atoms with van der Waals surface area (Å²) in [5.41, 5.74) is 11.2. The predicted octanol–water partition coefficient (Wildman–Crippen LogP) is 3.67. The Morgan fingerprint density at radius 3 is 2.14 bits per heavy atom. The van der Waals surface area contributed by atoms with Gasteiger partial charge in [0.1, 0.15) is 6.61 Å². The third-order valence-electron chi connectivity index (χ3n) is 5.36. The number of benzene rings is 3. The van der Waals surface area contributed by atoms with Crippen LogP contribution in [-0.2, 0) is 20.9 Å². The maximum atomic E-state index is 12.7. The minimum atomic E-state index is -1.38. The first kappa shape index (κ1) is 18.9. The molecule has 5 nitrogen and oxygen atoms in total. The van der Waals surface area contributed by atoms with E-state index in [-0.39, 0.29) is 19.1 Å². The highest BCUT2D eigenvalue weighted by atomic mass is 16.5. The predicted molar refractivity (Wildman–Crippen MR) is 109 cm³/mol. The van der Waals surface area contributed by atoms with Crippen molar-refractivity contribution in [2.24, 2.45) is 5.73 Å². The molecule has 1 aliphatic rings. The molecule has 0 spiro atoms. The van der Waals surface area contributed by atoms with Gasteiger partial charge in [-0.3, -0.25) is 9.59 Å². The Kier molecular flexibility index (Phi) is 5.14. The number of ether oxygens (including phenoxy) is 1. The molecule has 0 unspecified atom stereocenters. The van der Waals surface area contributed by atoms with E-state index in [9.17, 15) is 14.7 Å².